The van der Waals surface area contributed by atoms with Crippen LogP contribution in [0.15, 0.2) is 12.1 Å². The second kappa shape index (κ2) is 11.1. The van der Waals surface area contributed by atoms with Gasteiger partial charge in [0.05, 0.1) is 23.4 Å². The Bertz CT molecular complexity index is 976. The zero-order valence-corrected chi connectivity index (χ0v) is 19.8. The molecule has 2 heterocycles. The van der Waals surface area contributed by atoms with Gasteiger partial charge < -0.3 is 19.5 Å². The van der Waals surface area contributed by atoms with E-state index in [9.17, 15) is 14.7 Å². The summed E-state index contributed by atoms with van der Waals surface area (Å²) in [4.78, 5) is 29.8. The lowest BCUT2D eigenvalue weighted by molar-refractivity contribution is -0.142. The van der Waals surface area contributed by atoms with Crippen LogP contribution >= 0.6 is 0 Å². The number of pyridine rings is 1. The van der Waals surface area contributed by atoms with Crippen molar-refractivity contribution in [2.45, 2.75) is 65.1 Å². The minimum absolute atomic E-state index is 0.0311. The summed E-state index contributed by atoms with van der Waals surface area (Å²) in [7, 11) is 3.44. The molecule has 1 aliphatic rings. The van der Waals surface area contributed by atoms with E-state index < -0.39 is 12.1 Å². The number of aliphatic carboxylic acids is 1. The smallest absolute Gasteiger partial charge is 0.409 e. The third-order valence-electron chi connectivity index (χ3n) is 5.94. The maximum Gasteiger partial charge on any atom is 0.409 e. The van der Waals surface area contributed by atoms with E-state index in [1.807, 2.05) is 19.9 Å². The van der Waals surface area contributed by atoms with Gasteiger partial charge in [0, 0.05) is 20.6 Å². The first-order chi connectivity index (χ1) is 15.8. The van der Waals surface area contributed by atoms with Crippen LogP contribution in [0.1, 0.15) is 56.8 Å². The number of hydrogen-bond acceptors (Lipinski definition) is 7. The average Bonchev–Trinajstić information content (AvgIpc) is 2.98. The summed E-state index contributed by atoms with van der Waals surface area (Å²) < 4.78 is 13.2. The number of aryl methyl sites for hydroxylation is 2. The minimum Gasteiger partial charge on any atom is -0.489 e. The van der Waals surface area contributed by atoms with E-state index in [-0.39, 0.29) is 18.6 Å². The van der Waals surface area contributed by atoms with Gasteiger partial charge in [0.15, 0.2) is 0 Å². The van der Waals surface area contributed by atoms with Gasteiger partial charge in [-0.3, -0.25) is 4.79 Å². The van der Waals surface area contributed by atoms with E-state index in [2.05, 4.69) is 15.3 Å². The predicted octanol–water partition coefficient (Wildman–Crippen LogP) is 3.58. The predicted molar refractivity (Wildman–Crippen MR) is 121 cm³/mol. The number of amides is 1. The highest BCUT2D eigenvalue weighted by atomic mass is 16.6. The fraction of sp³-hybridized carbons (Fsp3) is 0.609. The average molecular weight is 460 g/mol. The van der Waals surface area contributed by atoms with Crippen LogP contribution in [0, 0.1) is 12.8 Å². The molecule has 33 heavy (non-hydrogen) atoms. The number of carboxylic acid groups (broad SMARTS) is 1. The van der Waals surface area contributed by atoms with Crippen molar-refractivity contribution in [3.8, 4) is 17.1 Å². The molecule has 0 bridgehead atoms. The lowest BCUT2D eigenvalue weighted by atomic mass is 9.99. The Morgan fingerprint density at radius 1 is 1.27 bits per heavy atom. The monoisotopic (exact) mass is 459 g/mol. The zero-order chi connectivity index (χ0) is 24.0. The number of carbonyl (C=O) groups excluding carboxylic acids is 1. The first-order valence-electron chi connectivity index (χ1n) is 11.4. The molecule has 0 radical (unpaired) electrons. The van der Waals surface area contributed by atoms with Crippen LogP contribution in [-0.2, 0) is 23.2 Å². The molecule has 1 amide bonds. The molecule has 0 spiro atoms. The molecule has 1 fully saturated rings. The summed E-state index contributed by atoms with van der Waals surface area (Å²) in [5.41, 5.74) is 2.46. The molecule has 1 N–H and O–H groups in total. The summed E-state index contributed by atoms with van der Waals surface area (Å²) >= 11 is 0. The van der Waals surface area contributed by atoms with Crippen LogP contribution in [0.3, 0.4) is 0 Å². The molecule has 2 aromatic rings. The van der Waals surface area contributed by atoms with Crippen LogP contribution in [0.5, 0.6) is 5.75 Å². The Kier molecular flexibility index (Phi) is 8.24. The largest absolute Gasteiger partial charge is 0.489 e. The molecule has 2 atom stereocenters. The SMILES string of the molecule is CCCN(C)C(=O)OCc1c(-c2ccc(OC3CCCCC(C(=O)O)C3)c(C)n2)nnn1C. The van der Waals surface area contributed by atoms with E-state index >= 15 is 0 Å². The quantitative estimate of drug-likeness (QED) is 0.595. The van der Waals surface area contributed by atoms with Gasteiger partial charge in [-0.2, -0.15) is 0 Å². The highest BCUT2D eigenvalue weighted by molar-refractivity contribution is 5.70. The third-order valence-corrected chi connectivity index (χ3v) is 5.94. The van der Waals surface area contributed by atoms with E-state index in [1.54, 1.807) is 24.8 Å². The topological polar surface area (TPSA) is 120 Å². The summed E-state index contributed by atoms with van der Waals surface area (Å²) in [5.74, 6) is -0.494. The van der Waals surface area contributed by atoms with Crippen LogP contribution in [0.25, 0.3) is 11.4 Å². The first kappa shape index (κ1) is 24.5. The van der Waals surface area contributed by atoms with Crippen LogP contribution in [0.2, 0.25) is 0 Å². The molecule has 180 valence electrons. The zero-order valence-electron chi connectivity index (χ0n) is 19.8. The van der Waals surface area contributed by atoms with Crippen molar-refractivity contribution in [3.63, 3.8) is 0 Å². The van der Waals surface area contributed by atoms with Gasteiger partial charge in [0.2, 0.25) is 0 Å². The number of aromatic nitrogens is 4. The van der Waals surface area contributed by atoms with Crippen molar-refractivity contribution in [2.75, 3.05) is 13.6 Å². The lowest BCUT2D eigenvalue weighted by Crippen LogP contribution is -2.28. The Labute approximate surface area is 193 Å². The molecule has 3 rings (SSSR count). The van der Waals surface area contributed by atoms with Gasteiger partial charge in [-0.25, -0.2) is 14.5 Å². The van der Waals surface area contributed by atoms with Crippen molar-refractivity contribution in [1.29, 1.82) is 0 Å². The summed E-state index contributed by atoms with van der Waals surface area (Å²) in [6.45, 7) is 4.49. The van der Waals surface area contributed by atoms with Crippen molar-refractivity contribution < 1.29 is 24.2 Å². The van der Waals surface area contributed by atoms with Crippen molar-refractivity contribution >= 4 is 12.1 Å². The molecule has 1 aliphatic carbocycles. The number of nitrogens with zero attached hydrogens (tertiary/aromatic N) is 5. The summed E-state index contributed by atoms with van der Waals surface area (Å²) in [5, 5.41) is 17.7. The normalized spacial score (nSPS) is 18.4. The molecule has 10 heteroatoms. The molecule has 10 nitrogen and oxygen atoms in total. The van der Waals surface area contributed by atoms with Crippen LogP contribution in [0.4, 0.5) is 4.79 Å². The van der Waals surface area contributed by atoms with Crippen LogP contribution < -0.4 is 4.74 Å². The number of ether oxygens (including phenoxy) is 2. The standard InChI is InChI=1S/C23H33N5O5/c1-5-12-27(3)23(31)32-14-19-21(25-26-28(19)4)18-10-11-20(15(2)24-18)33-17-9-7-6-8-16(13-17)22(29)30/h10-11,16-17H,5-9,12-14H2,1-4H3,(H,29,30). The fourth-order valence-corrected chi connectivity index (χ4v) is 4.04. The Hall–Kier alpha value is -3.17. The number of hydrogen-bond donors (Lipinski definition) is 1. The molecule has 0 saturated heterocycles. The van der Waals surface area contributed by atoms with E-state index in [4.69, 9.17) is 9.47 Å². The summed E-state index contributed by atoms with van der Waals surface area (Å²) in [6, 6.07) is 3.63. The van der Waals surface area contributed by atoms with Crippen molar-refractivity contribution in [1.82, 2.24) is 24.9 Å². The minimum atomic E-state index is -0.757. The maximum atomic E-state index is 12.1. The van der Waals surface area contributed by atoms with Gasteiger partial charge in [0.1, 0.15) is 23.7 Å². The van der Waals surface area contributed by atoms with Gasteiger partial charge in [-0.05, 0) is 51.2 Å². The van der Waals surface area contributed by atoms with E-state index in [1.165, 1.54) is 4.90 Å². The molecular formula is C23H33N5O5. The van der Waals surface area contributed by atoms with Crippen molar-refractivity contribution in [3.05, 3.63) is 23.5 Å². The van der Waals surface area contributed by atoms with E-state index in [0.29, 0.717) is 47.9 Å². The van der Waals surface area contributed by atoms with Gasteiger partial charge in [-0.15, -0.1) is 5.10 Å². The molecule has 1 saturated carbocycles. The number of carboxylic acids is 1. The highest BCUT2D eigenvalue weighted by Gasteiger charge is 2.27. The second-order valence-corrected chi connectivity index (χ2v) is 8.56. The molecular weight excluding hydrogens is 426 g/mol. The highest BCUT2D eigenvalue weighted by Crippen LogP contribution is 2.30. The Morgan fingerprint density at radius 2 is 2.03 bits per heavy atom. The van der Waals surface area contributed by atoms with Crippen LogP contribution in [-0.4, -0.2) is 61.7 Å². The van der Waals surface area contributed by atoms with Crippen molar-refractivity contribution in [2.24, 2.45) is 13.0 Å². The first-order valence-corrected chi connectivity index (χ1v) is 11.4. The maximum absolute atomic E-state index is 12.1. The van der Waals surface area contributed by atoms with E-state index in [0.717, 1.165) is 25.7 Å². The number of rotatable bonds is 8. The lowest BCUT2D eigenvalue weighted by Gasteiger charge is -2.20. The van der Waals surface area contributed by atoms with Gasteiger partial charge in [-0.1, -0.05) is 18.6 Å². The van der Waals surface area contributed by atoms with Gasteiger partial charge >= 0.3 is 12.1 Å². The Morgan fingerprint density at radius 3 is 2.73 bits per heavy atom. The second-order valence-electron chi connectivity index (χ2n) is 8.56. The summed E-state index contributed by atoms with van der Waals surface area (Å²) in [6.07, 6.45) is 4.18. The third kappa shape index (κ3) is 6.21. The molecule has 2 unspecified atom stereocenters. The molecule has 0 aliphatic heterocycles. The Balaban J connectivity index is 1.72. The number of carbonyl (C=O) groups is 2. The van der Waals surface area contributed by atoms with Gasteiger partial charge in [0.25, 0.3) is 0 Å². The fourth-order valence-electron chi connectivity index (χ4n) is 4.04. The molecule has 0 aromatic carbocycles. The molecule has 2 aromatic heterocycles.